The van der Waals surface area contributed by atoms with Crippen LogP contribution < -0.4 is 31.2 Å². The molecule has 0 bridgehead atoms. The Kier molecular flexibility index (Phi) is 10.4. The summed E-state index contributed by atoms with van der Waals surface area (Å²) in [6, 6.07) is 11.8. The molecule has 3 fully saturated rings. The summed E-state index contributed by atoms with van der Waals surface area (Å²) in [6.07, 6.45) is 2.65. The summed E-state index contributed by atoms with van der Waals surface area (Å²) in [5.41, 5.74) is 6.96. The minimum atomic E-state index is -1.11. The van der Waals surface area contributed by atoms with Crippen LogP contribution in [0.3, 0.4) is 0 Å². The van der Waals surface area contributed by atoms with Crippen LogP contribution in [-0.2, 0) is 19.2 Å². The Balaban J connectivity index is 0.803. The van der Waals surface area contributed by atoms with Crippen molar-refractivity contribution in [2.45, 2.75) is 38.1 Å². The predicted octanol–water partition coefficient (Wildman–Crippen LogP) is 0.871. The molecule has 4 unspecified atom stereocenters. The van der Waals surface area contributed by atoms with E-state index in [0.717, 1.165) is 17.7 Å². The van der Waals surface area contributed by atoms with Gasteiger partial charge in [-0.2, -0.15) is 0 Å². The van der Waals surface area contributed by atoms with Crippen molar-refractivity contribution in [3.05, 3.63) is 59.7 Å². The van der Waals surface area contributed by atoms with E-state index >= 15 is 0 Å². The normalized spacial score (nSPS) is 22.6. The lowest BCUT2D eigenvalue weighted by molar-refractivity contribution is -0.173. The summed E-state index contributed by atoms with van der Waals surface area (Å²) in [5, 5.41) is 26.3. The lowest BCUT2D eigenvalue weighted by atomic mass is 9.43. The average molecular weight is 755 g/mol. The van der Waals surface area contributed by atoms with Gasteiger partial charge in [0, 0.05) is 55.6 Å². The fourth-order valence-corrected chi connectivity index (χ4v) is 7.87. The SMILES string of the molecule is CN(CCNC(=O)COc1cccc2c1C(=O)N(C1CCC(=O)NC1=O)C2=O)CCNC(=O)C1CC2(COc3cc(-c4ccccc4O)nnc3N)CCC12. The molecule has 6 N–H and O–H groups in total. The molecular weight excluding hydrogens is 712 g/mol. The van der Waals surface area contributed by atoms with Gasteiger partial charge in [0.15, 0.2) is 18.2 Å². The van der Waals surface area contributed by atoms with Crippen LogP contribution in [0.15, 0.2) is 48.5 Å². The molecule has 17 nitrogen and oxygen atoms in total. The number of hydrogen-bond acceptors (Lipinski definition) is 13. The number of phenolic OH excluding ortho intramolecular Hbond substituents is 1. The fourth-order valence-electron chi connectivity index (χ4n) is 7.87. The van der Waals surface area contributed by atoms with Gasteiger partial charge in [-0.25, -0.2) is 0 Å². The molecule has 1 aromatic heterocycles. The van der Waals surface area contributed by atoms with Crippen molar-refractivity contribution in [1.29, 1.82) is 0 Å². The Morgan fingerprint density at radius 3 is 2.47 bits per heavy atom. The van der Waals surface area contributed by atoms with Crippen LogP contribution in [0, 0.1) is 17.3 Å². The fraction of sp³-hybridized carbons (Fsp3) is 0.421. The number of nitrogens with one attached hydrogen (secondary N) is 3. The number of rotatable bonds is 15. The third-order valence-electron chi connectivity index (χ3n) is 11.1. The minimum absolute atomic E-state index is 0.00488. The van der Waals surface area contributed by atoms with Crippen molar-refractivity contribution in [3.63, 3.8) is 0 Å². The van der Waals surface area contributed by atoms with Crippen molar-refractivity contribution in [2.75, 3.05) is 52.2 Å². The van der Waals surface area contributed by atoms with Crippen LogP contribution in [0.25, 0.3) is 11.3 Å². The van der Waals surface area contributed by atoms with Crippen molar-refractivity contribution < 1.29 is 43.3 Å². The van der Waals surface area contributed by atoms with E-state index in [-0.39, 0.29) is 64.4 Å². The highest BCUT2D eigenvalue weighted by Gasteiger charge is 2.62. The Bertz CT molecular complexity index is 2060. The third-order valence-corrected chi connectivity index (χ3v) is 11.1. The number of carbonyl (C=O) groups excluding carboxylic acids is 6. The number of nitrogen functional groups attached to an aromatic ring is 1. The van der Waals surface area contributed by atoms with Gasteiger partial charge in [0.05, 0.1) is 17.7 Å². The maximum absolute atomic E-state index is 13.2. The standard InChI is InChI=1S/C38H42N8O9/c1-45(15-13-40-31(49)19-54-28-8-4-6-22-32(28)37(53)46(36(22)52)26-9-10-30(48)42-35(26)51)16-14-41-34(50)23-18-38(12-11-24(23)38)20-55-29-17-25(43-44-33(29)39)21-5-2-3-7-27(21)47/h2-8,17,23-24,26,47H,9-16,18-20H2,1H3,(H2,39,44)(H,40,49)(H,41,50)(H,42,48,51). The summed E-state index contributed by atoms with van der Waals surface area (Å²) in [6.45, 7) is 1.81. The zero-order valence-electron chi connectivity index (χ0n) is 30.2. The summed E-state index contributed by atoms with van der Waals surface area (Å²) in [4.78, 5) is 78.6. The number of anilines is 1. The Morgan fingerprint density at radius 2 is 1.75 bits per heavy atom. The molecule has 2 aliphatic carbocycles. The van der Waals surface area contributed by atoms with E-state index < -0.39 is 42.2 Å². The van der Waals surface area contributed by atoms with E-state index in [4.69, 9.17) is 15.2 Å². The second-order valence-corrected chi connectivity index (χ2v) is 14.5. The second kappa shape index (κ2) is 15.3. The first-order valence-corrected chi connectivity index (χ1v) is 18.2. The maximum atomic E-state index is 13.2. The predicted molar refractivity (Wildman–Crippen MR) is 194 cm³/mol. The van der Waals surface area contributed by atoms with E-state index in [1.807, 2.05) is 11.9 Å². The molecule has 55 heavy (non-hydrogen) atoms. The van der Waals surface area contributed by atoms with Crippen molar-refractivity contribution in [2.24, 2.45) is 17.3 Å². The Labute approximate surface area is 315 Å². The van der Waals surface area contributed by atoms with Crippen molar-refractivity contribution in [1.82, 2.24) is 35.9 Å². The summed E-state index contributed by atoms with van der Waals surface area (Å²) >= 11 is 0. The molecule has 3 heterocycles. The van der Waals surface area contributed by atoms with Crippen LogP contribution in [-0.4, -0.2) is 113 Å². The number of aromatic nitrogens is 2. The molecule has 7 rings (SSSR count). The highest BCUT2D eigenvalue weighted by Crippen LogP contribution is 2.64. The van der Waals surface area contributed by atoms with Gasteiger partial charge in [0.1, 0.15) is 23.2 Å². The quantitative estimate of drug-likeness (QED) is 0.136. The van der Waals surface area contributed by atoms with E-state index in [0.29, 0.717) is 56.2 Å². The van der Waals surface area contributed by atoms with Crippen LogP contribution in [0.4, 0.5) is 5.82 Å². The topological polar surface area (TPSA) is 235 Å². The van der Waals surface area contributed by atoms with Gasteiger partial charge in [0.2, 0.25) is 17.7 Å². The highest BCUT2D eigenvalue weighted by atomic mass is 16.5. The van der Waals surface area contributed by atoms with Gasteiger partial charge in [0.25, 0.3) is 17.7 Å². The highest BCUT2D eigenvalue weighted by molar-refractivity contribution is 6.24. The number of ether oxygens (including phenoxy) is 2. The molecule has 1 saturated heterocycles. The van der Waals surface area contributed by atoms with Gasteiger partial charge in [-0.1, -0.05) is 18.2 Å². The average Bonchev–Trinajstić information content (AvgIpc) is 3.41. The number of amides is 6. The first-order valence-electron chi connectivity index (χ1n) is 18.2. The smallest absolute Gasteiger partial charge is 0.266 e. The number of fused-ring (bicyclic) bond motifs is 2. The van der Waals surface area contributed by atoms with Gasteiger partial charge in [-0.05, 0) is 62.9 Å². The first kappa shape index (κ1) is 37.2. The number of phenols is 1. The minimum Gasteiger partial charge on any atom is -0.507 e. The summed E-state index contributed by atoms with van der Waals surface area (Å²) in [5.74, 6) is -2.18. The number of benzene rings is 2. The summed E-state index contributed by atoms with van der Waals surface area (Å²) < 4.78 is 11.8. The lowest BCUT2D eigenvalue weighted by Crippen LogP contribution is -2.62. The number of hydrogen-bond donors (Lipinski definition) is 5. The zero-order valence-corrected chi connectivity index (χ0v) is 30.2. The molecule has 2 aliphatic heterocycles. The number of nitrogens with two attached hydrogens (primary N) is 1. The van der Waals surface area contributed by atoms with Gasteiger partial charge in [-0.3, -0.25) is 39.0 Å². The lowest BCUT2D eigenvalue weighted by Gasteiger charge is -2.62. The van der Waals surface area contributed by atoms with Gasteiger partial charge < -0.3 is 35.8 Å². The van der Waals surface area contributed by atoms with Crippen molar-refractivity contribution >= 4 is 41.3 Å². The van der Waals surface area contributed by atoms with Crippen LogP contribution in [0.1, 0.15) is 52.8 Å². The number of para-hydroxylation sites is 1. The van der Waals surface area contributed by atoms with Crippen LogP contribution in [0.2, 0.25) is 0 Å². The van der Waals surface area contributed by atoms with E-state index in [2.05, 4.69) is 26.1 Å². The molecule has 0 radical (unpaired) electrons. The van der Waals surface area contributed by atoms with Gasteiger partial charge >= 0.3 is 0 Å². The Morgan fingerprint density at radius 1 is 0.982 bits per heavy atom. The number of piperidine rings is 1. The van der Waals surface area contributed by atoms with E-state index in [1.165, 1.54) is 18.2 Å². The maximum Gasteiger partial charge on any atom is 0.266 e. The number of nitrogens with zero attached hydrogens (tertiary/aromatic N) is 4. The van der Waals surface area contributed by atoms with Gasteiger partial charge in [-0.15, -0.1) is 10.2 Å². The molecule has 2 saturated carbocycles. The summed E-state index contributed by atoms with van der Waals surface area (Å²) in [7, 11) is 1.88. The van der Waals surface area contributed by atoms with E-state index in [1.54, 1.807) is 30.3 Å². The number of carbonyl (C=O) groups is 6. The van der Waals surface area contributed by atoms with E-state index in [9.17, 15) is 33.9 Å². The largest absolute Gasteiger partial charge is 0.507 e. The number of imide groups is 2. The van der Waals surface area contributed by atoms with Crippen LogP contribution in [0.5, 0.6) is 17.2 Å². The van der Waals surface area contributed by atoms with Crippen LogP contribution >= 0.6 is 0 Å². The monoisotopic (exact) mass is 754 g/mol. The zero-order chi connectivity index (χ0) is 38.9. The molecule has 17 heteroatoms. The number of aromatic hydroxyl groups is 1. The molecule has 2 aromatic carbocycles. The third kappa shape index (κ3) is 7.38. The second-order valence-electron chi connectivity index (χ2n) is 14.5. The molecule has 0 spiro atoms. The Hall–Kier alpha value is -6.10. The molecular formula is C38H42N8O9. The molecule has 288 valence electrons. The number of likely N-dealkylation sites (N-methyl/N-ethyl adjacent to an activating group) is 1. The molecule has 4 atom stereocenters. The first-order chi connectivity index (χ1) is 26.5. The molecule has 6 amide bonds. The molecule has 4 aliphatic rings. The van der Waals surface area contributed by atoms with Crippen molar-refractivity contribution in [3.8, 4) is 28.5 Å². The molecule has 3 aromatic rings.